The zero-order valence-electron chi connectivity index (χ0n) is 19.7. The lowest BCUT2D eigenvalue weighted by Gasteiger charge is -2.11. The van der Waals surface area contributed by atoms with E-state index >= 15 is 0 Å². The second-order valence-electron chi connectivity index (χ2n) is 7.93. The van der Waals surface area contributed by atoms with Gasteiger partial charge in [-0.15, -0.1) is 0 Å². The lowest BCUT2D eigenvalue weighted by molar-refractivity contribution is 0.0980. The molecule has 4 rings (SSSR count). The summed E-state index contributed by atoms with van der Waals surface area (Å²) in [5.74, 6) is 8.79. The van der Waals surface area contributed by atoms with Crippen LogP contribution in [0, 0.1) is 18.8 Å². The van der Waals surface area contributed by atoms with Crippen molar-refractivity contribution in [2.75, 3.05) is 5.32 Å². The van der Waals surface area contributed by atoms with Gasteiger partial charge in [0.1, 0.15) is 5.69 Å². The summed E-state index contributed by atoms with van der Waals surface area (Å²) >= 11 is 0. The number of anilines is 1. The first-order valence-electron chi connectivity index (χ1n) is 10.9. The van der Waals surface area contributed by atoms with Gasteiger partial charge in [-0.1, -0.05) is 42.2 Å². The summed E-state index contributed by atoms with van der Waals surface area (Å²) in [5.41, 5.74) is 2.96. The van der Waals surface area contributed by atoms with Crippen molar-refractivity contribution < 1.29 is 13.8 Å². The van der Waals surface area contributed by atoms with E-state index in [0.717, 1.165) is 5.69 Å². The Kier molecular flexibility index (Phi) is 6.99. The molecule has 0 radical (unpaired) electrons. The summed E-state index contributed by atoms with van der Waals surface area (Å²) < 4.78 is 16.9. The number of carbonyl (C=O) groups is 2. The fourth-order valence-electron chi connectivity index (χ4n) is 3.39. The van der Waals surface area contributed by atoms with E-state index in [1.165, 1.54) is 17.1 Å². The van der Waals surface area contributed by atoms with Crippen LogP contribution in [0.4, 0.5) is 5.69 Å². The van der Waals surface area contributed by atoms with Gasteiger partial charge in [-0.3, -0.25) is 24.0 Å². The van der Waals surface area contributed by atoms with E-state index in [-0.39, 0.29) is 11.5 Å². The molecule has 2 aromatic carbocycles. The predicted molar refractivity (Wildman–Crippen MR) is 140 cm³/mol. The van der Waals surface area contributed by atoms with Crippen molar-refractivity contribution in [1.29, 1.82) is 0 Å². The molecule has 1 atom stereocenters. The fourth-order valence-corrected chi connectivity index (χ4v) is 4.52. The first kappa shape index (κ1) is 24.4. The SMILES string of the molecule is C=S(=O)(NC(=O)c1cncc(C#Cc2ccccc2NC(=O)c2cc(C)nn2C)c1)c1ccccc1. The van der Waals surface area contributed by atoms with Crippen LogP contribution in [0.3, 0.4) is 0 Å². The fraction of sp³-hybridized carbons (Fsp3) is 0.0741. The Morgan fingerprint density at radius 1 is 0.972 bits per heavy atom. The first-order valence-corrected chi connectivity index (χ1v) is 12.6. The third-order valence-corrected chi connectivity index (χ3v) is 6.68. The molecule has 2 heterocycles. The summed E-state index contributed by atoms with van der Waals surface area (Å²) in [4.78, 5) is 29.9. The molecule has 8 nitrogen and oxygen atoms in total. The van der Waals surface area contributed by atoms with Crippen LogP contribution in [0.2, 0.25) is 0 Å². The maximum absolute atomic E-state index is 12.9. The molecule has 0 bridgehead atoms. The Bertz CT molecular complexity index is 1610. The number of nitrogens with zero attached hydrogens (tertiary/aromatic N) is 3. The van der Waals surface area contributed by atoms with Crippen molar-refractivity contribution in [2.45, 2.75) is 11.8 Å². The average molecular weight is 498 g/mol. The normalized spacial score (nSPS) is 12.1. The molecule has 2 N–H and O–H groups in total. The molecule has 0 fully saturated rings. The van der Waals surface area contributed by atoms with Crippen molar-refractivity contribution in [2.24, 2.45) is 7.05 Å². The van der Waals surface area contributed by atoms with E-state index in [1.54, 1.807) is 67.7 Å². The van der Waals surface area contributed by atoms with Gasteiger partial charge in [0.05, 0.1) is 26.7 Å². The van der Waals surface area contributed by atoms with Gasteiger partial charge < -0.3 is 5.32 Å². The minimum Gasteiger partial charge on any atom is -0.320 e. The second-order valence-corrected chi connectivity index (χ2v) is 9.95. The number of nitrogens with one attached hydrogen (secondary N) is 2. The molecule has 0 aliphatic rings. The van der Waals surface area contributed by atoms with Gasteiger partial charge in [0, 0.05) is 35.5 Å². The molecule has 9 heteroatoms. The molecule has 36 heavy (non-hydrogen) atoms. The summed E-state index contributed by atoms with van der Waals surface area (Å²) in [6.45, 7) is 1.82. The van der Waals surface area contributed by atoms with E-state index < -0.39 is 15.6 Å². The molecular formula is C27H23N5O3S. The van der Waals surface area contributed by atoms with Gasteiger partial charge in [-0.2, -0.15) is 5.10 Å². The monoisotopic (exact) mass is 497 g/mol. The zero-order valence-corrected chi connectivity index (χ0v) is 20.5. The summed E-state index contributed by atoms with van der Waals surface area (Å²) in [6.07, 6.45) is 2.88. The number of carbonyl (C=O) groups excluding carboxylic acids is 2. The third kappa shape index (κ3) is 5.68. The van der Waals surface area contributed by atoms with E-state index in [9.17, 15) is 13.8 Å². The summed E-state index contributed by atoms with van der Waals surface area (Å²) in [5, 5.41) is 7.07. The maximum Gasteiger partial charge on any atom is 0.273 e. The number of benzene rings is 2. The summed E-state index contributed by atoms with van der Waals surface area (Å²) in [6, 6.07) is 18.9. The molecule has 2 amide bonds. The zero-order chi connectivity index (χ0) is 25.7. The Labute approximate surface area is 209 Å². The van der Waals surface area contributed by atoms with Crippen molar-refractivity contribution in [3.8, 4) is 11.8 Å². The number of rotatable bonds is 5. The Hall–Kier alpha value is -4.68. The van der Waals surface area contributed by atoms with Crippen LogP contribution in [0.1, 0.15) is 37.7 Å². The van der Waals surface area contributed by atoms with Gasteiger partial charge in [0.15, 0.2) is 0 Å². The second kappa shape index (κ2) is 10.3. The lowest BCUT2D eigenvalue weighted by Crippen LogP contribution is -2.30. The van der Waals surface area contributed by atoms with Crippen molar-refractivity contribution in [1.82, 2.24) is 19.5 Å². The molecule has 0 spiro atoms. The quantitative estimate of drug-likeness (QED) is 0.325. The molecule has 4 aromatic rings. The van der Waals surface area contributed by atoms with Crippen LogP contribution < -0.4 is 10.0 Å². The van der Waals surface area contributed by atoms with Crippen LogP contribution in [0.5, 0.6) is 0 Å². The van der Waals surface area contributed by atoms with Crippen LogP contribution in [0.15, 0.2) is 84.0 Å². The summed E-state index contributed by atoms with van der Waals surface area (Å²) in [7, 11) is -1.32. The van der Waals surface area contributed by atoms with Crippen molar-refractivity contribution >= 4 is 33.1 Å². The molecule has 1 unspecified atom stereocenters. The van der Waals surface area contributed by atoms with Gasteiger partial charge in [-0.25, -0.2) is 4.21 Å². The van der Waals surface area contributed by atoms with Crippen LogP contribution >= 0.6 is 0 Å². The standard InChI is InChI=1S/C27H23N5O3S/c1-19-15-25(32(2)30-19)27(34)29-24-12-8-7-9-21(24)14-13-20-16-22(18-28-17-20)26(33)31-36(3,35)23-10-5-4-6-11-23/h4-12,15-18H,3H2,1-2H3,(H,29,34)(H,31,33,35). The smallest absolute Gasteiger partial charge is 0.273 e. The molecule has 0 saturated carbocycles. The number of amides is 2. The number of hydrogen-bond acceptors (Lipinski definition) is 5. The number of hydrogen-bond donors (Lipinski definition) is 2. The van der Waals surface area contributed by atoms with E-state index in [0.29, 0.717) is 27.4 Å². The van der Waals surface area contributed by atoms with Gasteiger partial charge in [0.25, 0.3) is 11.8 Å². The van der Waals surface area contributed by atoms with Gasteiger partial charge >= 0.3 is 0 Å². The van der Waals surface area contributed by atoms with E-state index in [4.69, 9.17) is 0 Å². The van der Waals surface area contributed by atoms with Crippen LogP contribution in [-0.2, 0) is 16.8 Å². The van der Waals surface area contributed by atoms with Crippen LogP contribution in [-0.4, -0.2) is 36.7 Å². The number of aromatic nitrogens is 3. The first-order chi connectivity index (χ1) is 17.2. The largest absolute Gasteiger partial charge is 0.320 e. The topological polar surface area (TPSA) is 106 Å². The number of para-hydroxylation sites is 1. The predicted octanol–water partition coefficient (Wildman–Crippen LogP) is 3.20. The number of pyridine rings is 1. The highest BCUT2D eigenvalue weighted by atomic mass is 32.2. The molecular weight excluding hydrogens is 474 g/mol. The van der Waals surface area contributed by atoms with E-state index in [2.05, 4.69) is 37.8 Å². The minimum absolute atomic E-state index is 0.197. The third-order valence-electron chi connectivity index (χ3n) is 5.13. The van der Waals surface area contributed by atoms with Crippen molar-refractivity contribution in [3.05, 3.63) is 107 Å². The van der Waals surface area contributed by atoms with Crippen LogP contribution in [0.25, 0.3) is 0 Å². The molecule has 2 aromatic heterocycles. The molecule has 0 aliphatic heterocycles. The highest BCUT2D eigenvalue weighted by Crippen LogP contribution is 2.16. The van der Waals surface area contributed by atoms with Gasteiger partial charge in [-0.05, 0) is 49.2 Å². The maximum atomic E-state index is 12.9. The Morgan fingerprint density at radius 2 is 1.69 bits per heavy atom. The lowest BCUT2D eigenvalue weighted by atomic mass is 10.1. The molecule has 0 saturated heterocycles. The highest BCUT2D eigenvalue weighted by Gasteiger charge is 2.15. The molecule has 0 aliphatic carbocycles. The highest BCUT2D eigenvalue weighted by molar-refractivity contribution is 7.99. The Morgan fingerprint density at radius 3 is 2.42 bits per heavy atom. The Balaban J connectivity index is 1.53. The van der Waals surface area contributed by atoms with Gasteiger partial charge in [0.2, 0.25) is 0 Å². The van der Waals surface area contributed by atoms with Crippen molar-refractivity contribution in [3.63, 3.8) is 0 Å². The average Bonchev–Trinajstić information content (AvgIpc) is 3.22. The minimum atomic E-state index is -3.03. The van der Waals surface area contributed by atoms with E-state index in [1.807, 2.05) is 13.0 Å². The molecule has 180 valence electrons. The number of aryl methyl sites for hydroxylation is 2.